The third kappa shape index (κ3) is 4.60. The first-order valence-electron chi connectivity index (χ1n) is 6.80. The Bertz CT molecular complexity index is 610. The summed E-state index contributed by atoms with van der Waals surface area (Å²) in [5.74, 6) is 0.168. The fourth-order valence-corrected chi connectivity index (χ4v) is 1.88. The van der Waals surface area contributed by atoms with E-state index in [0.29, 0.717) is 12.3 Å². The quantitative estimate of drug-likeness (QED) is 0.917. The summed E-state index contributed by atoms with van der Waals surface area (Å²) in [6.07, 6.45) is -0.591. The molecule has 0 saturated carbocycles. The average molecular weight is 287 g/mol. The molecule has 3 nitrogen and oxygen atoms in total. The summed E-state index contributed by atoms with van der Waals surface area (Å²) in [4.78, 5) is 12.0. The third-order valence-corrected chi connectivity index (χ3v) is 3.05. The second-order valence-electron chi connectivity index (χ2n) is 4.92. The highest BCUT2D eigenvalue weighted by Crippen LogP contribution is 2.14. The first-order valence-corrected chi connectivity index (χ1v) is 6.80. The van der Waals surface area contributed by atoms with Crippen LogP contribution < -0.4 is 10.1 Å². The van der Waals surface area contributed by atoms with Gasteiger partial charge in [0.15, 0.2) is 6.10 Å². The maximum atomic E-state index is 12.8. The molecule has 0 radical (unpaired) electrons. The molecule has 2 aromatic rings. The van der Waals surface area contributed by atoms with E-state index in [4.69, 9.17) is 4.74 Å². The number of aryl methyl sites for hydroxylation is 1. The summed E-state index contributed by atoms with van der Waals surface area (Å²) in [5.41, 5.74) is 1.92. The number of carbonyl (C=O) groups is 1. The molecule has 0 aromatic heterocycles. The molecule has 0 aliphatic carbocycles. The van der Waals surface area contributed by atoms with Crippen LogP contribution in [0, 0.1) is 12.7 Å². The van der Waals surface area contributed by atoms with Gasteiger partial charge in [-0.2, -0.15) is 0 Å². The van der Waals surface area contributed by atoms with Crippen molar-refractivity contribution in [1.29, 1.82) is 0 Å². The van der Waals surface area contributed by atoms with Crippen LogP contribution >= 0.6 is 0 Å². The number of rotatable bonds is 5. The van der Waals surface area contributed by atoms with Crippen molar-refractivity contribution in [1.82, 2.24) is 5.32 Å². The molecule has 0 bridgehead atoms. The Hall–Kier alpha value is -2.36. The van der Waals surface area contributed by atoms with Crippen molar-refractivity contribution in [3.05, 3.63) is 65.5 Å². The van der Waals surface area contributed by atoms with Gasteiger partial charge in [0.2, 0.25) is 0 Å². The van der Waals surface area contributed by atoms with Crippen molar-refractivity contribution >= 4 is 5.91 Å². The number of benzene rings is 2. The highest BCUT2D eigenvalue weighted by Gasteiger charge is 2.14. The van der Waals surface area contributed by atoms with E-state index in [2.05, 4.69) is 5.32 Å². The number of halogens is 1. The third-order valence-electron chi connectivity index (χ3n) is 3.05. The minimum absolute atomic E-state index is 0.208. The Kier molecular flexibility index (Phi) is 4.93. The smallest absolute Gasteiger partial charge is 0.261 e. The molecule has 0 fully saturated rings. The Labute approximate surface area is 123 Å². The first-order chi connectivity index (χ1) is 10.0. The second-order valence-corrected chi connectivity index (χ2v) is 4.92. The van der Waals surface area contributed by atoms with Gasteiger partial charge in [0.25, 0.3) is 5.91 Å². The number of nitrogens with one attached hydrogen (secondary N) is 1. The van der Waals surface area contributed by atoms with Crippen LogP contribution in [0.5, 0.6) is 5.75 Å². The van der Waals surface area contributed by atoms with Crippen molar-refractivity contribution in [2.24, 2.45) is 0 Å². The maximum absolute atomic E-state index is 12.8. The molecule has 0 saturated heterocycles. The van der Waals surface area contributed by atoms with E-state index < -0.39 is 6.10 Å². The zero-order chi connectivity index (χ0) is 15.2. The molecule has 0 aliphatic rings. The lowest BCUT2D eigenvalue weighted by Crippen LogP contribution is -2.35. The van der Waals surface area contributed by atoms with Gasteiger partial charge in [-0.3, -0.25) is 4.79 Å². The van der Waals surface area contributed by atoms with E-state index in [1.165, 1.54) is 12.1 Å². The number of amides is 1. The molecule has 110 valence electrons. The van der Waals surface area contributed by atoms with E-state index in [9.17, 15) is 9.18 Å². The second kappa shape index (κ2) is 6.88. The molecule has 2 aromatic carbocycles. The van der Waals surface area contributed by atoms with Gasteiger partial charge in [-0.1, -0.05) is 24.3 Å². The Morgan fingerprint density at radius 2 is 1.95 bits per heavy atom. The maximum Gasteiger partial charge on any atom is 0.261 e. The number of hydrogen-bond acceptors (Lipinski definition) is 2. The minimum Gasteiger partial charge on any atom is -0.481 e. The number of hydrogen-bond donors (Lipinski definition) is 1. The molecule has 0 heterocycles. The molecule has 1 amide bonds. The summed E-state index contributed by atoms with van der Waals surface area (Å²) in [6.45, 7) is 4.01. The van der Waals surface area contributed by atoms with Crippen molar-refractivity contribution in [3.63, 3.8) is 0 Å². The zero-order valence-corrected chi connectivity index (χ0v) is 12.1. The van der Waals surface area contributed by atoms with Crippen LogP contribution in [0.2, 0.25) is 0 Å². The van der Waals surface area contributed by atoms with Crippen LogP contribution in [0.4, 0.5) is 4.39 Å². The summed E-state index contributed by atoms with van der Waals surface area (Å²) in [7, 11) is 0. The average Bonchev–Trinajstić information content (AvgIpc) is 2.46. The van der Waals surface area contributed by atoms with E-state index in [-0.39, 0.29) is 11.7 Å². The summed E-state index contributed by atoms with van der Waals surface area (Å²) in [5, 5.41) is 2.77. The van der Waals surface area contributed by atoms with Crippen LogP contribution in [0.15, 0.2) is 48.5 Å². The lowest BCUT2D eigenvalue weighted by Gasteiger charge is -2.15. The standard InChI is InChI=1S/C17H18FNO2/c1-12-4-3-5-16(10-12)21-13(2)17(20)19-11-14-6-8-15(18)9-7-14/h3-10,13H,11H2,1-2H3,(H,19,20)/t13-/m0/s1. The zero-order valence-electron chi connectivity index (χ0n) is 12.1. The van der Waals surface area contributed by atoms with E-state index in [1.54, 1.807) is 19.1 Å². The normalized spacial score (nSPS) is 11.8. The predicted molar refractivity (Wildman–Crippen MR) is 79.5 cm³/mol. The van der Waals surface area contributed by atoms with Crippen molar-refractivity contribution in [2.45, 2.75) is 26.5 Å². The number of ether oxygens (including phenoxy) is 1. The van der Waals surface area contributed by atoms with Gasteiger partial charge >= 0.3 is 0 Å². The Balaban J connectivity index is 1.86. The molecular weight excluding hydrogens is 269 g/mol. The molecule has 1 N–H and O–H groups in total. The molecule has 0 unspecified atom stereocenters. The fourth-order valence-electron chi connectivity index (χ4n) is 1.88. The largest absolute Gasteiger partial charge is 0.481 e. The topological polar surface area (TPSA) is 38.3 Å². The van der Waals surface area contributed by atoms with Gasteiger partial charge in [0, 0.05) is 6.54 Å². The molecule has 0 spiro atoms. The number of carbonyl (C=O) groups excluding carboxylic acids is 1. The minimum atomic E-state index is -0.591. The van der Waals surface area contributed by atoms with Crippen LogP contribution in [0.3, 0.4) is 0 Å². The van der Waals surface area contributed by atoms with Crippen LogP contribution in [-0.2, 0) is 11.3 Å². The lowest BCUT2D eigenvalue weighted by molar-refractivity contribution is -0.127. The van der Waals surface area contributed by atoms with Gasteiger partial charge in [0.1, 0.15) is 11.6 Å². The monoisotopic (exact) mass is 287 g/mol. The van der Waals surface area contributed by atoms with Gasteiger partial charge in [-0.15, -0.1) is 0 Å². The Morgan fingerprint density at radius 1 is 1.24 bits per heavy atom. The molecule has 0 aliphatic heterocycles. The van der Waals surface area contributed by atoms with Crippen molar-refractivity contribution in [3.8, 4) is 5.75 Å². The van der Waals surface area contributed by atoms with E-state index in [1.807, 2.05) is 31.2 Å². The molecular formula is C17H18FNO2. The molecule has 1 atom stereocenters. The van der Waals surface area contributed by atoms with E-state index >= 15 is 0 Å². The molecule has 4 heteroatoms. The van der Waals surface area contributed by atoms with Gasteiger partial charge < -0.3 is 10.1 Å². The predicted octanol–water partition coefficient (Wildman–Crippen LogP) is 3.22. The van der Waals surface area contributed by atoms with E-state index in [0.717, 1.165) is 11.1 Å². The lowest BCUT2D eigenvalue weighted by atomic mass is 10.2. The SMILES string of the molecule is Cc1cccc(O[C@@H](C)C(=O)NCc2ccc(F)cc2)c1. The van der Waals surface area contributed by atoms with Crippen LogP contribution in [-0.4, -0.2) is 12.0 Å². The highest BCUT2D eigenvalue weighted by molar-refractivity contribution is 5.80. The van der Waals surface area contributed by atoms with Gasteiger partial charge in [-0.25, -0.2) is 4.39 Å². The molecule has 21 heavy (non-hydrogen) atoms. The Morgan fingerprint density at radius 3 is 2.62 bits per heavy atom. The van der Waals surface area contributed by atoms with Gasteiger partial charge in [-0.05, 0) is 49.2 Å². The highest BCUT2D eigenvalue weighted by atomic mass is 19.1. The van der Waals surface area contributed by atoms with Gasteiger partial charge in [0.05, 0.1) is 0 Å². The van der Waals surface area contributed by atoms with Crippen LogP contribution in [0.1, 0.15) is 18.1 Å². The fraction of sp³-hybridized carbons (Fsp3) is 0.235. The summed E-state index contributed by atoms with van der Waals surface area (Å²) >= 11 is 0. The summed E-state index contributed by atoms with van der Waals surface area (Å²) < 4.78 is 18.4. The van der Waals surface area contributed by atoms with Crippen LogP contribution in [0.25, 0.3) is 0 Å². The first kappa shape index (κ1) is 15.0. The summed E-state index contributed by atoms with van der Waals surface area (Å²) in [6, 6.07) is 13.6. The molecule has 2 rings (SSSR count). The van der Waals surface area contributed by atoms with Crippen molar-refractivity contribution < 1.29 is 13.9 Å². The van der Waals surface area contributed by atoms with Crippen molar-refractivity contribution in [2.75, 3.05) is 0 Å².